The molecule has 0 aliphatic carbocycles. The molecule has 4 nitrogen and oxygen atoms in total. The molecule has 0 radical (unpaired) electrons. The number of hydrogen-bond donors (Lipinski definition) is 0. The Balaban J connectivity index is 3.04. The molecule has 5 heteroatoms. The van der Waals surface area contributed by atoms with E-state index in [4.69, 9.17) is 0 Å². The summed E-state index contributed by atoms with van der Waals surface area (Å²) >= 11 is 3.36. The highest BCUT2D eigenvalue weighted by atomic mass is 79.9. The van der Waals surface area contributed by atoms with Crippen LogP contribution in [-0.2, 0) is 14.1 Å². The lowest BCUT2D eigenvalue weighted by Crippen LogP contribution is -2.15. The van der Waals surface area contributed by atoms with Crippen LogP contribution in [0.1, 0.15) is 0 Å². The number of halogens is 1. The van der Waals surface area contributed by atoms with Gasteiger partial charge in [-0.1, -0.05) is 0 Å². The Bertz CT molecular complexity index is 526. The largest absolute Gasteiger partial charge is 0.317 e. The fourth-order valence-corrected chi connectivity index (χ4v) is 1.90. The molecule has 0 atom stereocenters. The van der Waals surface area contributed by atoms with E-state index in [1.807, 2.05) is 0 Å². The van der Waals surface area contributed by atoms with Crippen LogP contribution < -0.4 is 5.56 Å². The molecule has 0 fully saturated rings. The Labute approximate surface area is 82.9 Å². The van der Waals surface area contributed by atoms with Crippen LogP contribution in [0.4, 0.5) is 0 Å². The molecule has 0 saturated heterocycles. The summed E-state index contributed by atoms with van der Waals surface area (Å²) in [5.41, 5.74) is 0.692. The van der Waals surface area contributed by atoms with Gasteiger partial charge in [0.15, 0.2) is 0 Å². The molecule has 2 aromatic rings. The topological polar surface area (TPSA) is 39.8 Å². The standard InChI is InChI=1S/C8H8BrN3O/c1-11-4-6(9)7-5(8(11)13)3-12(2)10-7/h3-4H,1-2H3. The Hall–Kier alpha value is -1.10. The van der Waals surface area contributed by atoms with Crippen molar-refractivity contribution in [3.8, 4) is 0 Å². The number of nitrogens with zero attached hydrogens (tertiary/aromatic N) is 3. The van der Waals surface area contributed by atoms with Gasteiger partial charge in [-0.2, -0.15) is 5.10 Å². The molecule has 0 amide bonds. The average molecular weight is 242 g/mol. The first-order valence-corrected chi connectivity index (χ1v) is 4.57. The van der Waals surface area contributed by atoms with Gasteiger partial charge in [0, 0.05) is 26.5 Å². The maximum Gasteiger partial charge on any atom is 0.261 e. The van der Waals surface area contributed by atoms with Gasteiger partial charge < -0.3 is 4.57 Å². The number of fused-ring (bicyclic) bond motifs is 1. The highest BCUT2D eigenvalue weighted by Gasteiger charge is 2.08. The second kappa shape index (κ2) is 2.70. The summed E-state index contributed by atoms with van der Waals surface area (Å²) in [4.78, 5) is 11.6. The third-order valence-corrected chi connectivity index (χ3v) is 2.49. The lowest BCUT2D eigenvalue weighted by Gasteiger charge is -1.97. The van der Waals surface area contributed by atoms with Crippen molar-refractivity contribution in [1.82, 2.24) is 14.3 Å². The first kappa shape index (κ1) is 8.50. The van der Waals surface area contributed by atoms with E-state index in [0.717, 1.165) is 4.47 Å². The molecule has 0 unspecified atom stereocenters. The number of rotatable bonds is 0. The van der Waals surface area contributed by atoms with Crippen LogP contribution >= 0.6 is 15.9 Å². The number of hydrogen-bond acceptors (Lipinski definition) is 2. The zero-order chi connectivity index (χ0) is 9.59. The Morgan fingerprint density at radius 3 is 2.77 bits per heavy atom. The molecular weight excluding hydrogens is 234 g/mol. The molecule has 0 bridgehead atoms. The lowest BCUT2D eigenvalue weighted by molar-refractivity contribution is 0.779. The quantitative estimate of drug-likeness (QED) is 0.692. The summed E-state index contributed by atoms with van der Waals surface area (Å²) in [6, 6.07) is 0. The van der Waals surface area contributed by atoms with E-state index in [9.17, 15) is 4.79 Å². The van der Waals surface area contributed by atoms with E-state index >= 15 is 0 Å². The summed E-state index contributed by atoms with van der Waals surface area (Å²) < 4.78 is 4.01. The van der Waals surface area contributed by atoms with E-state index in [2.05, 4.69) is 21.0 Å². The minimum absolute atomic E-state index is 0.0219. The van der Waals surface area contributed by atoms with Crippen molar-refractivity contribution in [2.75, 3.05) is 0 Å². The molecule has 2 aromatic heterocycles. The molecule has 13 heavy (non-hydrogen) atoms. The minimum Gasteiger partial charge on any atom is -0.317 e. The average Bonchev–Trinajstić information content (AvgIpc) is 2.44. The van der Waals surface area contributed by atoms with Crippen LogP contribution in [0.3, 0.4) is 0 Å². The predicted molar refractivity (Wildman–Crippen MR) is 53.7 cm³/mol. The molecule has 0 aromatic carbocycles. The van der Waals surface area contributed by atoms with E-state index in [1.165, 1.54) is 4.57 Å². The normalized spacial score (nSPS) is 11.0. The summed E-state index contributed by atoms with van der Waals surface area (Å²) in [7, 11) is 3.52. The van der Waals surface area contributed by atoms with Gasteiger partial charge >= 0.3 is 0 Å². The Kier molecular flexibility index (Phi) is 1.76. The summed E-state index contributed by atoms with van der Waals surface area (Å²) in [5, 5.41) is 4.81. The van der Waals surface area contributed by atoms with Crippen molar-refractivity contribution in [3.05, 3.63) is 27.2 Å². The maximum atomic E-state index is 11.6. The molecule has 2 heterocycles. The minimum atomic E-state index is -0.0219. The molecule has 0 aliphatic rings. The number of aromatic nitrogens is 3. The van der Waals surface area contributed by atoms with Crippen molar-refractivity contribution < 1.29 is 0 Å². The van der Waals surface area contributed by atoms with Crippen LogP contribution in [0, 0.1) is 0 Å². The molecule has 0 spiro atoms. The highest BCUT2D eigenvalue weighted by molar-refractivity contribution is 9.10. The van der Waals surface area contributed by atoms with Crippen molar-refractivity contribution >= 4 is 26.8 Å². The lowest BCUT2D eigenvalue weighted by atomic mass is 10.3. The van der Waals surface area contributed by atoms with Crippen molar-refractivity contribution in [1.29, 1.82) is 0 Å². The summed E-state index contributed by atoms with van der Waals surface area (Å²) in [6.45, 7) is 0. The Morgan fingerprint density at radius 1 is 1.38 bits per heavy atom. The SMILES string of the molecule is Cn1cc2c(=O)n(C)cc(Br)c2n1. The summed E-state index contributed by atoms with van der Waals surface area (Å²) in [5.74, 6) is 0. The van der Waals surface area contributed by atoms with E-state index in [0.29, 0.717) is 10.9 Å². The first-order valence-electron chi connectivity index (χ1n) is 3.78. The smallest absolute Gasteiger partial charge is 0.261 e. The third kappa shape index (κ3) is 1.19. The van der Waals surface area contributed by atoms with Crippen LogP contribution in [0.5, 0.6) is 0 Å². The number of aryl methyl sites for hydroxylation is 2. The third-order valence-electron chi connectivity index (χ3n) is 1.91. The molecule has 68 valence electrons. The highest BCUT2D eigenvalue weighted by Crippen LogP contribution is 2.18. The fourth-order valence-electron chi connectivity index (χ4n) is 1.30. The number of pyridine rings is 1. The second-order valence-electron chi connectivity index (χ2n) is 2.96. The van der Waals surface area contributed by atoms with Gasteiger partial charge in [-0.05, 0) is 15.9 Å². The second-order valence-corrected chi connectivity index (χ2v) is 3.81. The van der Waals surface area contributed by atoms with Crippen molar-refractivity contribution in [2.24, 2.45) is 14.1 Å². The molecule has 0 aliphatic heterocycles. The van der Waals surface area contributed by atoms with Gasteiger partial charge in [-0.3, -0.25) is 9.48 Å². The van der Waals surface area contributed by atoms with Gasteiger partial charge in [-0.15, -0.1) is 0 Å². The van der Waals surface area contributed by atoms with Gasteiger partial charge in [0.2, 0.25) is 0 Å². The molecule has 0 saturated carbocycles. The Morgan fingerprint density at radius 2 is 2.08 bits per heavy atom. The van der Waals surface area contributed by atoms with Gasteiger partial charge in [0.05, 0.1) is 9.86 Å². The first-order chi connectivity index (χ1) is 6.09. The van der Waals surface area contributed by atoms with Crippen molar-refractivity contribution in [2.45, 2.75) is 0 Å². The van der Waals surface area contributed by atoms with Crippen LogP contribution in [0.2, 0.25) is 0 Å². The van der Waals surface area contributed by atoms with E-state index in [1.54, 1.807) is 31.2 Å². The van der Waals surface area contributed by atoms with E-state index < -0.39 is 0 Å². The zero-order valence-electron chi connectivity index (χ0n) is 7.28. The fraction of sp³-hybridized carbons (Fsp3) is 0.250. The summed E-state index contributed by atoms with van der Waals surface area (Å²) in [6.07, 6.45) is 3.44. The maximum absolute atomic E-state index is 11.6. The van der Waals surface area contributed by atoms with Crippen LogP contribution in [0.15, 0.2) is 21.7 Å². The zero-order valence-corrected chi connectivity index (χ0v) is 8.87. The molecular formula is C8H8BrN3O. The monoisotopic (exact) mass is 241 g/mol. The molecule has 0 N–H and O–H groups in total. The van der Waals surface area contributed by atoms with Crippen LogP contribution in [-0.4, -0.2) is 14.3 Å². The van der Waals surface area contributed by atoms with E-state index in [-0.39, 0.29) is 5.56 Å². The molecule has 2 rings (SSSR count). The van der Waals surface area contributed by atoms with Gasteiger partial charge in [-0.25, -0.2) is 0 Å². The van der Waals surface area contributed by atoms with Crippen molar-refractivity contribution in [3.63, 3.8) is 0 Å². The van der Waals surface area contributed by atoms with Crippen LogP contribution in [0.25, 0.3) is 10.9 Å². The van der Waals surface area contributed by atoms with Gasteiger partial charge in [0.1, 0.15) is 5.52 Å². The van der Waals surface area contributed by atoms with Gasteiger partial charge in [0.25, 0.3) is 5.56 Å². The predicted octanol–water partition coefficient (Wildman–Crippen LogP) is 1.03.